The third kappa shape index (κ3) is 17.7. The third-order valence-corrected chi connectivity index (χ3v) is 36.4. The van der Waals surface area contributed by atoms with Crippen molar-refractivity contribution in [3.05, 3.63) is 162 Å². The van der Waals surface area contributed by atoms with Crippen LogP contribution in [0.15, 0.2) is 129 Å². The molecule has 0 amide bonds. The van der Waals surface area contributed by atoms with Crippen LogP contribution in [0.3, 0.4) is 0 Å². The summed E-state index contributed by atoms with van der Waals surface area (Å²) in [6.45, 7) is 23.1. The molecule has 0 aliphatic heterocycles. The maximum absolute atomic E-state index is 12.1. The van der Waals surface area contributed by atoms with Gasteiger partial charge in [0.25, 0.3) is 30.6 Å². The summed E-state index contributed by atoms with van der Waals surface area (Å²) in [6.07, 6.45) is 20.9. The fourth-order valence-corrected chi connectivity index (χ4v) is 20.8. The highest BCUT2D eigenvalue weighted by Gasteiger charge is 2.48. The van der Waals surface area contributed by atoms with Crippen LogP contribution in [-0.4, -0.2) is 151 Å². The van der Waals surface area contributed by atoms with E-state index in [4.69, 9.17) is 24.3 Å². The van der Waals surface area contributed by atoms with Gasteiger partial charge in [0.1, 0.15) is 53.4 Å². The Labute approximate surface area is 644 Å². The van der Waals surface area contributed by atoms with Crippen LogP contribution in [0.5, 0.6) is 0 Å². The molecule has 3 aromatic carbocycles. The lowest BCUT2D eigenvalue weighted by Crippen LogP contribution is -2.46. The molecule has 6 aromatic heterocycles. The number of nitrogens with zero attached hydrogens (tertiary/aromatic N) is 11. The fourth-order valence-electron chi connectivity index (χ4n) is 16.7. The molecule has 0 bridgehead atoms. The van der Waals surface area contributed by atoms with E-state index in [1.807, 2.05) is 12.3 Å². The molecule has 6 heterocycles. The zero-order chi connectivity index (χ0) is 77.9. The van der Waals surface area contributed by atoms with Crippen LogP contribution in [-0.2, 0) is 58.7 Å². The normalized spacial score (nSPS) is 24.5. The lowest BCUT2D eigenvalue weighted by Gasteiger charge is -2.40. The van der Waals surface area contributed by atoms with Crippen molar-refractivity contribution >= 4 is 97.8 Å². The van der Waals surface area contributed by atoms with Crippen molar-refractivity contribution in [1.29, 1.82) is 0 Å². The van der Waals surface area contributed by atoms with Gasteiger partial charge in [-0.05, 0) is 177 Å². The summed E-state index contributed by atoms with van der Waals surface area (Å²) < 4.78 is 95.7. The molecule has 11 N–H and O–H groups in total. The molecule has 0 unspecified atom stereocenters. The first-order valence-corrected chi connectivity index (χ1v) is 48.5. The van der Waals surface area contributed by atoms with E-state index in [0.717, 1.165) is 119 Å². The Bertz CT molecular complexity index is 5110. The van der Waals surface area contributed by atoms with Crippen molar-refractivity contribution in [3.8, 4) is 0 Å². The Morgan fingerprint density at radius 2 is 0.807 bits per heavy atom. The zero-order valence-corrected chi connectivity index (χ0v) is 69.2. The van der Waals surface area contributed by atoms with Crippen molar-refractivity contribution in [2.24, 2.45) is 33.2 Å². The molecule has 3 saturated carbocycles. The van der Waals surface area contributed by atoms with E-state index >= 15 is 0 Å². The molecule has 27 nitrogen and oxygen atoms in total. The summed E-state index contributed by atoms with van der Waals surface area (Å²) in [6, 6.07) is 32.8. The summed E-state index contributed by atoms with van der Waals surface area (Å²) in [7, 11) is -12.5. The fraction of sp³-hybridized carbons (Fsp3) is 0.532. The average molecular weight is 1580 g/mol. The molecule has 0 spiro atoms. The zero-order valence-electron chi connectivity index (χ0n) is 64.7. The highest BCUT2D eigenvalue weighted by atomic mass is 32.2. The van der Waals surface area contributed by atoms with Crippen LogP contribution in [0.25, 0.3) is 33.1 Å². The molecule has 15 rings (SSSR count). The summed E-state index contributed by atoms with van der Waals surface area (Å²) >= 11 is 0. The van der Waals surface area contributed by atoms with Crippen molar-refractivity contribution in [3.63, 3.8) is 0 Å². The van der Waals surface area contributed by atoms with Crippen LogP contribution in [0.4, 0.5) is 17.5 Å². The van der Waals surface area contributed by atoms with Gasteiger partial charge in [-0.3, -0.25) is 0 Å². The number of hydrogen-bond donors (Lipinski definition) is 8. The van der Waals surface area contributed by atoms with E-state index in [9.17, 15) is 30.4 Å². The van der Waals surface area contributed by atoms with Crippen LogP contribution in [0, 0.1) is 17.8 Å². The van der Waals surface area contributed by atoms with Gasteiger partial charge < -0.3 is 43.6 Å². The Hall–Kier alpha value is -7.16. The number of fused-ring (bicyclic) bond motifs is 6. The van der Waals surface area contributed by atoms with Gasteiger partial charge in [-0.15, -0.1) is 0 Å². The first kappa shape index (κ1) is 79.9. The standard InChI is InChI=1S/C28H42N6O3SSi.C27H40N6O3SSi.C22H28N6O3S/c1-28(2,3)39(5,6)37-25-16-21(15-20(25)17-33(4)38(29,35)36)34-14-13-23-26(30-18-31-27(23)34)32-24-12-11-19-9-7-8-10-22(19)24;1-27(2,3)38(4,5)36-24-15-20(14-19(24)16-31-37(28,34)35)33-13-12-22-25(29-17-30-26(22)33)32-23-11-10-18-8-6-7-9-21(18)23;1-27(32(23,30)31)12-15-10-16(11-20(15)29)28-9-8-18-21(24-13-25-22(18)28)26-19-7-6-14-4-2-3-5-17(14)19/h7-10,13-14,18,20-21,24-25H,11-12,15-17H2,1-6H3,(H2,29,35,36)(H,30,31,32);6-9,12-13,17,19-20,23-24,31H,10-11,14-16H2,1-5H3,(H2,28,34,35)(H,29,30,32);2-5,8-9,13,15-16,19-20,29H,6-7,10-12H2,1H3,(H2,23,30,31)(H,24,25,26)/t20-,21+,24-,25-;19-,20+,23-,24-;15-,16+,19-,20-/m000/s1. The third-order valence-electron chi connectivity index (χ3n) is 24.8. The Morgan fingerprint density at radius 1 is 0.477 bits per heavy atom. The second-order valence-corrected chi connectivity index (χ2v) is 48.1. The molecule has 3 fully saturated rings. The molecule has 0 saturated heterocycles. The smallest absolute Gasteiger partial charge is 0.276 e. The number of nitrogens with one attached hydrogen (secondary N) is 4. The maximum atomic E-state index is 12.1. The highest BCUT2D eigenvalue weighted by Crippen LogP contribution is 2.48. The van der Waals surface area contributed by atoms with Crippen molar-refractivity contribution in [2.75, 3.05) is 49.7 Å². The highest BCUT2D eigenvalue weighted by molar-refractivity contribution is 7.87. The minimum absolute atomic E-state index is 0.0133. The SMILES string of the molecule is CC(C)(C)[Si](C)(C)O[C@H]1C[C@H](n2ccc3c(N[C@H]4CCc5ccccc54)ncnc32)C[C@H]1CNS(N)(=O)=O.CN(C[C@@H]1C[C@@H](n2ccc3c(N[C@H]4CCc5ccccc54)ncnc32)C[C@@H]1O)S(N)(=O)=O.CN(C[C@@H]1C[C@@H](n2ccc3c(N[C@H]4CCc5ccccc54)ncnc32)C[C@@H]1O[Si](C)(C)C(C)(C)C)S(N)(=O)=O. The van der Waals surface area contributed by atoms with Gasteiger partial charge in [-0.2, -0.15) is 33.9 Å². The van der Waals surface area contributed by atoms with Crippen molar-refractivity contribution < 1.29 is 39.2 Å². The molecule has 32 heteroatoms. The minimum Gasteiger partial charge on any atom is -0.414 e. The summed E-state index contributed by atoms with van der Waals surface area (Å²) in [4.78, 5) is 27.6. The molecule has 588 valence electrons. The Morgan fingerprint density at radius 3 is 1.17 bits per heavy atom. The van der Waals surface area contributed by atoms with E-state index in [2.05, 4.69) is 229 Å². The average Bonchev–Trinajstić information content (AvgIpc) is 1.63. The second kappa shape index (κ2) is 31.4. The van der Waals surface area contributed by atoms with Crippen LogP contribution in [0.1, 0.15) is 169 Å². The van der Waals surface area contributed by atoms with Gasteiger partial charge in [0.15, 0.2) is 16.6 Å². The van der Waals surface area contributed by atoms with Gasteiger partial charge in [-0.1, -0.05) is 114 Å². The van der Waals surface area contributed by atoms with Gasteiger partial charge in [0, 0.05) is 76.4 Å². The van der Waals surface area contributed by atoms with E-state index in [0.29, 0.717) is 19.4 Å². The van der Waals surface area contributed by atoms with E-state index in [1.54, 1.807) is 26.0 Å². The quantitative estimate of drug-likeness (QED) is 0.0292. The first-order valence-electron chi connectivity index (χ1n) is 38.1. The van der Waals surface area contributed by atoms with Gasteiger partial charge in [0.05, 0.1) is 52.6 Å². The molecule has 9 aromatic rings. The predicted molar refractivity (Wildman–Crippen MR) is 434 cm³/mol. The summed E-state index contributed by atoms with van der Waals surface area (Å²) in [5.74, 6) is 2.35. The minimum atomic E-state index is -3.78. The second-order valence-electron chi connectivity index (χ2n) is 34.0. The number of aromatic nitrogens is 9. The number of rotatable bonds is 22. The monoisotopic (exact) mass is 1580 g/mol. The number of hydrogen-bond acceptors (Lipinski definition) is 18. The van der Waals surface area contributed by atoms with E-state index in [1.165, 1.54) is 44.7 Å². The predicted octanol–water partition coefficient (Wildman–Crippen LogP) is 11.7. The number of aliphatic hydroxyl groups is 1. The van der Waals surface area contributed by atoms with E-state index < -0.39 is 53.4 Å². The Balaban J connectivity index is 0.000000145. The molecule has 6 aliphatic carbocycles. The number of anilines is 3. The van der Waals surface area contributed by atoms with Crippen molar-refractivity contribution in [2.45, 2.75) is 209 Å². The van der Waals surface area contributed by atoms with Gasteiger partial charge in [0.2, 0.25) is 0 Å². The molecular formula is C77H110N18O9S3Si2. The lowest BCUT2D eigenvalue weighted by molar-refractivity contribution is 0.122. The number of aliphatic hydroxyl groups excluding tert-OH is 1. The van der Waals surface area contributed by atoms with Crippen LogP contribution < -0.4 is 36.1 Å². The summed E-state index contributed by atoms with van der Waals surface area (Å²) in [5.41, 5.74) is 10.7. The van der Waals surface area contributed by atoms with E-state index in [-0.39, 0.29) is 89.4 Å². The molecule has 0 radical (unpaired) electrons. The first-order chi connectivity index (χ1) is 51.4. The summed E-state index contributed by atoms with van der Waals surface area (Å²) in [5, 5.41) is 40.5. The number of aryl methyl sites for hydroxylation is 3. The van der Waals surface area contributed by atoms with Crippen LogP contribution >= 0.6 is 0 Å². The molecular weight excluding hydrogens is 1470 g/mol. The molecule has 12 atom stereocenters. The molecule has 109 heavy (non-hydrogen) atoms. The number of benzene rings is 3. The lowest BCUT2D eigenvalue weighted by atomic mass is 10.1. The Kier molecular flexibility index (Phi) is 23.0. The molecule has 6 aliphatic rings. The topological polar surface area (TPSA) is 366 Å². The van der Waals surface area contributed by atoms with Gasteiger partial charge in [-0.25, -0.2) is 50.0 Å². The van der Waals surface area contributed by atoms with Crippen LogP contribution in [0.2, 0.25) is 36.3 Å². The maximum Gasteiger partial charge on any atom is 0.276 e. The van der Waals surface area contributed by atoms with Gasteiger partial charge >= 0.3 is 0 Å². The number of nitrogens with two attached hydrogens (primary N) is 3. The van der Waals surface area contributed by atoms with Crippen molar-refractivity contribution in [1.82, 2.24) is 56.9 Å². The largest absolute Gasteiger partial charge is 0.414 e.